The van der Waals surface area contributed by atoms with Crippen LogP contribution in [-0.2, 0) is 16.6 Å². The summed E-state index contributed by atoms with van der Waals surface area (Å²) in [5.74, 6) is 0.444. The first-order valence-corrected chi connectivity index (χ1v) is 9.48. The van der Waals surface area contributed by atoms with Crippen LogP contribution in [0.1, 0.15) is 21.5 Å². The van der Waals surface area contributed by atoms with Gasteiger partial charge in [-0.3, -0.25) is 4.79 Å². The first kappa shape index (κ1) is 19.7. The van der Waals surface area contributed by atoms with E-state index in [2.05, 4.69) is 6.58 Å². The second kappa shape index (κ2) is 8.16. The van der Waals surface area contributed by atoms with Gasteiger partial charge in [-0.15, -0.1) is 0 Å². The van der Waals surface area contributed by atoms with E-state index in [1.54, 1.807) is 26.1 Å². The van der Waals surface area contributed by atoms with Crippen LogP contribution in [0.15, 0.2) is 60.0 Å². The highest BCUT2D eigenvalue weighted by molar-refractivity contribution is 7.89. The Bertz CT molecular complexity index is 906. The fourth-order valence-corrected chi connectivity index (χ4v) is 2.95. The monoisotopic (exact) mass is 374 g/mol. The zero-order valence-electron chi connectivity index (χ0n) is 14.8. The maximum absolute atomic E-state index is 12.7. The highest BCUT2D eigenvalue weighted by Crippen LogP contribution is 2.18. The van der Waals surface area contributed by atoms with E-state index < -0.39 is 10.0 Å². The zero-order chi connectivity index (χ0) is 19.3. The van der Waals surface area contributed by atoms with E-state index in [1.165, 1.54) is 17.0 Å². The minimum atomic E-state index is -3.86. The van der Waals surface area contributed by atoms with E-state index in [9.17, 15) is 13.2 Å². The van der Waals surface area contributed by atoms with Crippen molar-refractivity contribution in [2.45, 2.75) is 18.4 Å². The van der Waals surface area contributed by atoms with Gasteiger partial charge in [0.15, 0.2) is 0 Å². The summed E-state index contributed by atoms with van der Waals surface area (Å²) in [6.07, 6.45) is 1.67. The van der Waals surface area contributed by atoms with Crippen LogP contribution in [-0.4, -0.2) is 32.9 Å². The van der Waals surface area contributed by atoms with Crippen molar-refractivity contribution in [1.29, 1.82) is 0 Å². The van der Waals surface area contributed by atoms with Crippen LogP contribution in [0.2, 0.25) is 0 Å². The highest BCUT2D eigenvalue weighted by atomic mass is 32.2. The molecule has 2 rings (SSSR count). The summed E-state index contributed by atoms with van der Waals surface area (Å²) >= 11 is 0. The van der Waals surface area contributed by atoms with Gasteiger partial charge >= 0.3 is 0 Å². The number of rotatable bonds is 7. The Kier molecular flexibility index (Phi) is 6.18. The molecule has 7 heteroatoms. The third-order valence-corrected chi connectivity index (χ3v) is 4.74. The number of benzene rings is 2. The van der Waals surface area contributed by atoms with Gasteiger partial charge in [0, 0.05) is 19.2 Å². The van der Waals surface area contributed by atoms with Crippen LogP contribution in [0.5, 0.6) is 5.75 Å². The Morgan fingerprint density at radius 3 is 2.46 bits per heavy atom. The van der Waals surface area contributed by atoms with Gasteiger partial charge in [-0.25, -0.2) is 13.6 Å². The van der Waals surface area contributed by atoms with Crippen molar-refractivity contribution in [1.82, 2.24) is 4.90 Å². The number of ether oxygens (including phenoxy) is 1. The fourth-order valence-electron chi connectivity index (χ4n) is 2.41. The molecule has 138 valence electrons. The van der Waals surface area contributed by atoms with Crippen molar-refractivity contribution in [3.8, 4) is 5.75 Å². The van der Waals surface area contributed by atoms with E-state index >= 15 is 0 Å². The predicted octanol–water partition coefficient (Wildman–Crippen LogP) is 2.48. The molecule has 0 bridgehead atoms. The lowest BCUT2D eigenvalue weighted by Crippen LogP contribution is -2.27. The third kappa shape index (κ3) is 4.93. The standard InChI is InChI=1S/C19H22N2O4S/c1-4-11-25-16-8-6-15(7-9-16)13-21(3)19(22)18-12-17(26(20,23)24)10-5-14(18)2/h4-10,12H,1,11,13H2,2-3H3,(H2,20,23,24). The molecule has 0 aliphatic heterocycles. The van der Waals surface area contributed by atoms with Gasteiger partial charge in [-0.2, -0.15) is 0 Å². The molecule has 0 fully saturated rings. The number of amides is 1. The second-order valence-electron chi connectivity index (χ2n) is 5.93. The molecule has 0 spiro atoms. The van der Waals surface area contributed by atoms with Gasteiger partial charge in [0.2, 0.25) is 10.0 Å². The van der Waals surface area contributed by atoms with Crippen molar-refractivity contribution in [2.24, 2.45) is 5.14 Å². The average molecular weight is 374 g/mol. The SMILES string of the molecule is C=CCOc1ccc(CN(C)C(=O)c2cc(S(N)(=O)=O)ccc2C)cc1. The summed E-state index contributed by atoms with van der Waals surface area (Å²) in [4.78, 5) is 14.2. The lowest BCUT2D eigenvalue weighted by atomic mass is 10.1. The second-order valence-corrected chi connectivity index (χ2v) is 7.49. The van der Waals surface area contributed by atoms with Gasteiger partial charge in [0.25, 0.3) is 5.91 Å². The summed E-state index contributed by atoms with van der Waals surface area (Å²) in [5.41, 5.74) is 1.92. The number of nitrogens with two attached hydrogens (primary N) is 1. The number of aryl methyl sites for hydroxylation is 1. The molecule has 2 aromatic rings. The molecular formula is C19H22N2O4S. The Morgan fingerprint density at radius 1 is 1.23 bits per heavy atom. The van der Waals surface area contributed by atoms with Crippen molar-refractivity contribution in [3.63, 3.8) is 0 Å². The number of nitrogens with zero attached hydrogens (tertiary/aromatic N) is 1. The van der Waals surface area contributed by atoms with Gasteiger partial charge in [-0.05, 0) is 42.3 Å². The summed E-state index contributed by atoms with van der Waals surface area (Å²) in [7, 11) is -2.20. The molecule has 0 aliphatic carbocycles. The normalized spacial score (nSPS) is 11.0. The Morgan fingerprint density at radius 2 is 1.88 bits per heavy atom. The van der Waals surface area contributed by atoms with Gasteiger partial charge in [-0.1, -0.05) is 30.9 Å². The first-order valence-electron chi connectivity index (χ1n) is 7.94. The lowest BCUT2D eigenvalue weighted by molar-refractivity contribution is 0.0784. The number of hydrogen-bond donors (Lipinski definition) is 1. The molecule has 2 N–H and O–H groups in total. The summed E-state index contributed by atoms with van der Waals surface area (Å²) in [6.45, 7) is 6.15. The summed E-state index contributed by atoms with van der Waals surface area (Å²) in [6, 6.07) is 11.7. The Hall–Kier alpha value is -2.64. The molecule has 26 heavy (non-hydrogen) atoms. The van der Waals surface area contributed by atoms with Crippen molar-refractivity contribution in [2.75, 3.05) is 13.7 Å². The predicted molar refractivity (Wildman–Crippen MR) is 100 cm³/mol. The Balaban J connectivity index is 2.16. The third-order valence-electron chi connectivity index (χ3n) is 3.83. The minimum Gasteiger partial charge on any atom is -0.490 e. The maximum atomic E-state index is 12.7. The van der Waals surface area contributed by atoms with Crippen LogP contribution in [0.25, 0.3) is 0 Å². The molecular weight excluding hydrogens is 352 g/mol. The van der Waals surface area contributed by atoms with Crippen molar-refractivity contribution >= 4 is 15.9 Å². The first-order chi connectivity index (χ1) is 12.2. The van der Waals surface area contributed by atoms with Gasteiger partial charge in [0.05, 0.1) is 4.90 Å². The van der Waals surface area contributed by atoms with Crippen LogP contribution < -0.4 is 9.88 Å². The van der Waals surface area contributed by atoms with E-state index in [1.807, 2.05) is 24.3 Å². The molecule has 0 saturated carbocycles. The molecule has 2 aromatic carbocycles. The van der Waals surface area contributed by atoms with E-state index in [0.717, 1.165) is 11.3 Å². The van der Waals surface area contributed by atoms with Crippen LogP contribution in [0.3, 0.4) is 0 Å². The number of hydrogen-bond acceptors (Lipinski definition) is 4. The van der Waals surface area contributed by atoms with Gasteiger partial charge < -0.3 is 9.64 Å². The quantitative estimate of drug-likeness (QED) is 0.754. The van der Waals surface area contributed by atoms with E-state index in [4.69, 9.17) is 9.88 Å². The molecule has 0 unspecified atom stereocenters. The summed E-state index contributed by atoms with van der Waals surface area (Å²) in [5, 5.41) is 5.15. The maximum Gasteiger partial charge on any atom is 0.254 e. The van der Waals surface area contributed by atoms with Crippen LogP contribution >= 0.6 is 0 Å². The molecule has 0 saturated heterocycles. The average Bonchev–Trinajstić information content (AvgIpc) is 2.60. The van der Waals surface area contributed by atoms with Crippen LogP contribution in [0.4, 0.5) is 0 Å². The topological polar surface area (TPSA) is 89.7 Å². The van der Waals surface area contributed by atoms with Crippen LogP contribution in [0, 0.1) is 6.92 Å². The molecule has 0 atom stereocenters. The van der Waals surface area contributed by atoms with Gasteiger partial charge in [0.1, 0.15) is 12.4 Å². The van der Waals surface area contributed by atoms with E-state index in [-0.39, 0.29) is 10.8 Å². The zero-order valence-corrected chi connectivity index (χ0v) is 15.6. The molecule has 6 nitrogen and oxygen atoms in total. The highest BCUT2D eigenvalue weighted by Gasteiger charge is 2.18. The number of primary sulfonamides is 1. The van der Waals surface area contributed by atoms with Crippen molar-refractivity contribution < 1.29 is 17.9 Å². The Labute approximate surface area is 153 Å². The van der Waals surface area contributed by atoms with Crippen molar-refractivity contribution in [3.05, 3.63) is 71.8 Å². The minimum absolute atomic E-state index is 0.0800. The largest absolute Gasteiger partial charge is 0.490 e. The fraction of sp³-hybridized carbons (Fsp3) is 0.211. The summed E-state index contributed by atoms with van der Waals surface area (Å²) < 4.78 is 28.5. The molecule has 0 radical (unpaired) electrons. The number of carbonyl (C=O) groups is 1. The number of carbonyl (C=O) groups excluding carboxylic acids is 1. The lowest BCUT2D eigenvalue weighted by Gasteiger charge is -2.19. The smallest absolute Gasteiger partial charge is 0.254 e. The molecule has 0 heterocycles. The van der Waals surface area contributed by atoms with E-state index in [0.29, 0.717) is 24.3 Å². The molecule has 1 amide bonds. The molecule has 0 aliphatic rings. The number of sulfonamides is 1. The molecule has 0 aromatic heterocycles.